The van der Waals surface area contributed by atoms with E-state index >= 15 is 0 Å². The van der Waals surface area contributed by atoms with Crippen molar-refractivity contribution < 1.29 is 17.9 Å². The maximum Gasteiger partial charge on any atom is 0.243 e. The molecule has 0 bridgehead atoms. The number of ether oxygens (including phenoxy) is 1. The molecule has 3 N–H and O–H groups in total. The fourth-order valence-electron chi connectivity index (χ4n) is 4.21. The highest BCUT2D eigenvalue weighted by Crippen LogP contribution is 2.25. The van der Waals surface area contributed by atoms with E-state index in [-0.39, 0.29) is 17.3 Å². The van der Waals surface area contributed by atoms with Gasteiger partial charge in [-0.25, -0.2) is 8.42 Å². The summed E-state index contributed by atoms with van der Waals surface area (Å²) in [5, 5.41) is 7.08. The van der Waals surface area contributed by atoms with Crippen molar-refractivity contribution in [2.75, 3.05) is 38.6 Å². The predicted octanol–water partition coefficient (Wildman–Crippen LogP) is 3.37. The molecule has 0 saturated carbocycles. The molecule has 0 atom stereocenters. The highest BCUT2D eigenvalue weighted by atomic mass is 32.2. The molecule has 1 aliphatic heterocycles. The molecule has 2 aromatic carbocycles. The van der Waals surface area contributed by atoms with E-state index in [1.165, 1.54) is 0 Å². The van der Waals surface area contributed by atoms with Gasteiger partial charge >= 0.3 is 0 Å². The number of nitrogens with zero attached hydrogens (tertiary/aromatic N) is 1. The second-order valence-electron chi connectivity index (χ2n) is 8.81. The van der Waals surface area contributed by atoms with E-state index in [0.717, 1.165) is 41.5 Å². The number of hydrogen-bond donors (Lipinski definition) is 3. The topological polar surface area (TPSA) is 104 Å². The Kier molecular flexibility index (Phi) is 7.55. The summed E-state index contributed by atoms with van der Waals surface area (Å²) in [7, 11) is -1.84. The van der Waals surface area contributed by atoms with Crippen LogP contribution in [-0.2, 0) is 21.2 Å². The first-order chi connectivity index (χ1) is 16.4. The molecule has 9 heteroatoms. The summed E-state index contributed by atoms with van der Waals surface area (Å²) in [6.45, 7) is 4.07. The summed E-state index contributed by atoms with van der Waals surface area (Å²) in [4.78, 5) is 15.8. The number of aromatic nitrogens is 1. The predicted molar refractivity (Wildman–Crippen MR) is 134 cm³/mol. The molecule has 0 unspecified atom stereocenters. The van der Waals surface area contributed by atoms with Crippen molar-refractivity contribution in [1.82, 2.24) is 14.6 Å². The molecule has 1 fully saturated rings. The Morgan fingerprint density at radius 1 is 1.15 bits per heavy atom. The Labute approximate surface area is 200 Å². The number of amides is 1. The third-order valence-corrected chi connectivity index (χ3v) is 8.26. The van der Waals surface area contributed by atoms with Crippen molar-refractivity contribution >= 4 is 32.5 Å². The number of carbonyl (C=O) groups excluding carboxylic acids is 1. The average Bonchev–Trinajstić information content (AvgIpc) is 3.24. The van der Waals surface area contributed by atoms with Gasteiger partial charge in [0.25, 0.3) is 0 Å². The third-order valence-electron chi connectivity index (χ3n) is 6.35. The van der Waals surface area contributed by atoms with Gasteiger partial charge in [-0.2, -0.15) is 4.31 Å². The zero-order valence-corrected chi connectivity index (χ0v) is 20.5. The fraction of sp³-hybridized carbons (Fsp3) is 0.400. The zero-order valence-electron chi connectivity index (χ0n) is 19.6. The first-order valence-electron chi connectivity index (χ1n) is 11.6. The van der Waals surface area contributed by atoms with Crippen LogP contribution in [0.2, 0.25) is 0 Å². The van der Waals surface area contributed by atoms with Crippen molar-refractivity contribution in [2.45, 2.75) is 31.1 Å². The highest BCUT2D eigenvalue weighted by Gasteiger charge is 2.27. The first kappa shape index (κ1) is 24.3. The molecule has 1 aliphatic rings. The Morgan fingerprint density at radius 2 is 1.88 bits per heavy atom. The molecule has 3 aromatic rings. The van der Waals surface area contributed by atoms with Crippen LogP contribution in [0.15, 0.2) is 53.6 Å². The Balaban J connectivity index is 1.25. The molecule has 1 saturated heterocycles. The molecular weight excluding hydrogens is 452 g/mol. The molecule has 1 aromatic heterocycles. The van der Waals surface area contributed by atoms with E-state index in [1.807, 2.05) is 24.4 Å². The summed E-state index contributed by atoms with van der Waals surface area (Å²) in [5.74, 6) is 1.19. The second-order valence-corrected chi connectivity index (χ2v) is 10.7. The SMILES string of the molecule is COc1ccc2[nH]cc(CCNCC(=O)Nc3ccc(S(=O)(=O)N4CCC(C)CC4)cc3)c2c1. The summed E-state index contributed by atoms with van der Waals surface area (Å²) >= 11 is 0. The van der Waals surface area contributed by atoms with Crippen LogP contribution in [0.25, 0.3) is 10.9 Å². The molecule has 8 nitrogen and oxygen atoms in total. The number of methoxy groups -OCH3 is 1. The number of rotatable bonds is 9. The van der Waals surface area contributed by atoms with Crippen LogP contribution in [0, 0.1) is 5.92 Å². The number of carbonyl (C=O) groups is 1. The number of sulfonamides is 1. The monoisotopic (exact) mass is 484 g/mol. The van der Waals surface area contributed by atoms with Crippen LogP contribution >= 0.6 is 0 Å². The summed E-state index contributed by atoms with van der Waals surface area (Å²) in [6.07, 6.45) is 4.51. The molecule has 1 amide bonds. The highest BCUT2D eigenvalue weighted by molar-refractivity contribution is 7.89. The quantitative estimate of drug-likeness (QED) is 0.404. The van der Waals surface area contributed by atoms with Crippen molar-refractivity contribution in [2.24, 2.45) is 5.92 Å². The number of anilines is 1. The van der Waals surface area contributed by atoms with Crippen LogP contribution in [-0.4, -0.2) is 56.9 Å². The standard InChI is InChI=1S/C25H32N4O4S/c1-18-10-13-29(14-11-18)34(31,32)22-6-3-20(4-7-22)28-25(30)17-26-12-9-19-16-27-24-8-5-21(33-2)15-23(19)24/h3-8,15-16,18,26-27H,9-14,17H2,1-2H3,(H,28,30). The Bertz CT molecular complexity index is 1230. The molecule has 0 spiro atoms. The van der Waals surface area contributed by atoms with Crippen molar-refractivity contribution in [3.63, 3.8) is 0 Å². The first-order valence-corrected chi connectivity index (χ1v) is 13.1. The third kappa shape index (κ3) is 5.60. The molecule has 2 heterocycles. The number of piperidine rings is 1. The maximum atomic E-state index is 12.8. The van der Waals surface area contributed by atoms with Gasteiger partial charge in [0.05, 0.1) is 18.6 Å². The van der Waals surface area contributed by atoms with Gasteiger partial charge in [-0.3, -0.25) is 4.79 Å². The average molecular weight is 485 g/mol. The lowest BCUT2D eigenvalue weighted by atomic mass is 10.0. The lowest BCUT2D eigenvalue weighted by molar-refractivity contribution is -0.115. The zero-order chi connectivity index (χ0) is 24.1. The van der Waals surface area contributed by atoms with Crippen molar-refractivity contribution in [1.29, 1.82) is 0 Å². The number of hydrogen-bond acceptors (Lipinski definition) is 5. The Morgan fingerprint density at radius 3 is 2.59 bits per heavy atom. The largest absolute Gasteiger partial charge is 0.497 e. The fourth-order valence-corrected chi connectivity index (χ4v) is 5.68. The van der Waals surface area contributed by atoms with Crippen LogP contribution < -0.4 is 15.4 Å². The molecule has 182 valence electrons. The summed E-state index contributed by atoms with van der Waals surface area (Å²) in [6, 6.07) is 12.3. The van der Waals surface area contributed by atoms with E-state index < -0.39 is 10.0 Å². The van der Waals surface area contributed by atoms with Gasteiger partial charge in [-0.05, 0) is 79.8 Å². The summed E-state index contributed by atoms with van der Waals surface area (Å²) in [5.41, 5.74) is 2.78. The minimum absolute atomic E-state index is 0.164. The van der Waals surface area contributed by atoms with Crippen LogP contribution in [0.3, 0.4) is 0 Å². The second kappa shape index (κ2) is 10.6. The normalized spacial score (nSPS) is 15.5. The van der Waals surface area contributed by atoms with E-state index in [1.54, 1.807) is 35.7 Å². The van der Waals surface area contributed by atoms with Crippen LogP contribution in [0.5, 0.6) is 5.75 Å². The Hall–Kier alpha value is -2.88. The summed E-state index contributed by atoms with van der Waals surface area (Å²) < 4.78 is 32.5. The molecule has 34 heavy (non-hydrogen) atoms. The number of fused-ring (bicyclic) bond motifs is 1. The minimum atomic E-state index is -3.49. The van der Waals surface area contributed by atoms with E-state index in [9.17, 15) is 13.2 Å². The van der Waals surface area contributed by atoms with Gasteiger partial charge in [-0.15, -0.1) is 0 Å². The number of nitrogens with one attached hydrogen (secondary N) is 3. The van der Waals surface area contributed by atoms with Gasteiger partial charge in [0.2, 0.25) is 15.9 Å². The van der Waals surface area contributed by atoms with Gasteiger partial charge in [-0.1, -0.05) is 6.92 Å². The van der Waals surface area contributed by atoms with E-state index in [0.29, 0.717) is 31.2 Å². The lowest BCUT2D eigenvalue weighted by Crippen LogP contribution is -2.37. The van der Waals surface area contributed by atoms with Crippen molar-refractivity contribution in [3.05, 3.63) is 54.2 Å². The van der Waals surface area contributed by atoms with Gasteiger partial charge in [0, 0.05) is 35.9 Å². The lowest BCUT2D eigenvalue weighted by Gasteiger charge is -2.29. The molecular formula is C25H32N4O4S. The van der Waals surface area contributed by atoms with Gasteiger partial charge in [0.15, 0.2) is 0 Å². The molecule has 4 rings (SSSR count). The van der Waals surface area contributed by atoms with Crippen LogP contribution in [0.4, 0.5) is 5.69 Å². The number of benzene rings is 2. The van der Waals surface area contributed by atoms with Crippen molar-refractivity contribution in [3.8, 4) is 5.75 Å². The van der Waals surface area contributed by atoms with E-state index in [2.05, 4.69) is 22.5 Å². The smallest absolute Gasteiger partial charge is 0.243 e. The molecule has 0 radical (unpaired) electrons. The van der Waals surface area contributed by atoms with Gasteiger partial charge in [0.1, 0.15) is 5.75 Å². The minimum Gasteiger partial charge on any atom is -0.497 e. The van der Waals surface area contributed by atoms with Gasteiger partial charge < -0.3 is 20.4 Å². The van der Waals surface area contributed by atoms with Crippen LogP contribution in [0.1, 0.15) is 25.3 Å². The maximum absolute atomic E-state index is 12.8. The number of H-pyrrole nitrogens is 1. The number of aromatic amines is 1. The van der Waals surface area contributed by atoms with E-state index in [4.69, 9.17) is 4.74 Å². The molecule has 0 aliphatic carbocycles.